The van der Waals surface area contributed by atoms with Crippen molar-refractivity contribution in [2.75, 3.05) is 53.0 Å². The molecular formula is C17H28N4O3. The highest BCUT2D eigenvalue weighted by atomic mass is 16.5. The summed E-state index contributed by atoms with van der Waals surface area (Å²) >= 11 is 0. The number of ether oxygens (including phenoxy) is 2. The molecule has 1 fully saturated rings. The van der Waals surface area contributed by atoms with Gasteiger partial charge in [-0.25, -0.2) is 4.79 Å². The molecule has 24 heavy (non-hydrogen) atoms. The number of esters is 1. The van der Waals surface area contributed by atoms with E-state index in [-0.39, 0.29) is 5.97 Å². The Kier molecular flexibility index (Phi) is 5.86. The van der Waals surface area contributed by atoms with Crippen molar-refractivity contribution in [1.29, 1.82) is 0 Å². The van der Waals surface area contributed by atoms with Crippen LogP contribution in [0.2, 0.25) is 0 Å². The van der Waals surface area contributed by atoms with Gasteiger partial charge >= 0.3 is 5.97 Å². The second-order valence-corrected chi connectivity index (χ2v) is 6.51. The number of fused-ring (bicyclic) bond motifs is 1. The predicted octanol–water partition coefficient (Wildman–Crippen LogP) is 0.770. The Balaban J connectivity index is 1.68. The highest BCUT2D eigenvalue weighted by molar-refractivity contribution is 5.89. The third-order valence-corrected chi connectivity index (χ3v) is 4.74. The van der Waals surface area contributed by atoms with Gasteiger partial charge in [0.05, 0.1) is 19.8 Å². The van der Waals surface area contributed by atoms with E-state index < -0.39 is 0 Å². The number of aromatic nitrogens is 2. The van der Waals surface area contributed by atoms with Crippen molar-refractivity contribution in [1.82, 2.24) is 19.6 Å². The van der Waals surface area contributed by atoms with E-state index in [2.05, 4.69) is 21.9 Å². The summed E-state index contributed by atoms with van der Waals surface area (Å²) in [6.07, 6.45) is 1.97. The molecule has 0 radical (unpaired) electrons. The monoisotopic (exact) mass is 336 g/mol. The molecule has 0 aromatic carbocycles. The fraction of sp³-hybridized carbons (Fsp3) is 0.765. The van der Waals surface area contributed by atoms with Crippen molar-refractivity contribution < 1.29 is 14.3 Å². The minimum absolute atomic E-state index is 0.295. The highest BCUT2D eigenvalue weighted by Crippen LogP contribution is 2.23. The standard InChI is InChI=1S/C17H28N4O3/c1-3-24-17(22)16-14-13-19(2)8-5-15(14)21(18-16)7-4-6-20-9-11-23-12-10-20/h3-13H2,1-2H3. The van der Waals surface area contributed by atoms with Crippen molar-refractivity contribution >= 4 is 5.97 Å². The maximum atomic E-state index is 12.2. The summed E-state index contributed by atoms with van der Waals surface area (Å²) in [5.74, 6) is -0.295. The average molecular weight is 336 g/mol. The van der Waals surface area contributed by atoms with Crippen LogP contribution in [0, 0.1) is 0 Å². The fourth-order valence-corrected chi connectivity index (χ4v) is 3.44. The van der Waals surface area contributed by atoms with Crippen LogP contribution in [0.3, 0.4) is 0 Å². The van der Waals surface area contributed by atoms with Gasteiger partial charge in [-0.2, -0.15) is 5.10 Å². The summed E-state index contributed by atoms with van der Waals surface area (Å²) in [7, 11) is 2.08. The molecule has 1 saturated heterocycles. The highest BCUT2D eigenvalue weighted by Gasteiger charge is 2.27. The quantitative estimate of drug-likeness (QED) is 0.715. The molecule has 0 saturated carbocycles. The summed E-state index contributed by atoms with van der Waals surface area (Å²) in [5, 5.41) is 4.60. The number of likely N-dealkylation sites (N-methyl/N-ethyl adjacent to an activating group) is 1. The molecule has 0 unspecified atom stereocenters. The second-order valence-electron chi connectivity index (χ2n) is 6.51. The normalized spacial score (nSPS) is 19.2. The number of hydrogen-bond donors (Lipinski definition) is 0. The Morgan fingerprint density at radius 2 is 2.04 bits per heavy atom. The molecule has 0 bridgehead atoms. The molecule has 0 atom stereocenters. The third-order valence-electron chi connectivity index (χ3n) is 4.74. The van der Waals surface area contributed by atoms with Crippen LogP contribution in [0.1, 0.15) is 35.1 Å². The SMILES string of the molecule is CCOC(=O)c1nn(CCCN2CCOCC2)c2c1CN(C)CC2. The van der Waals surface area contributed by atoms with E-state index in [0.29, 0.717) is 12.3 Å². The van der Waals surface area contributed by atoms with Gasteiger partial charge in [0.15, 0.2) is 5.69 Å². The first-order chi connectivity index (χ1) is 11.7. The smallest absolute Gasteiger partial charge is 0.359 e. The predicted molar refractivity (Wildman–Crippen MR) is 90.1 cm³/mol. The lowest BCUT2D eigenvalue weighted by Gasteiger charge is -2.26. The van der Waals surface area contributed by atoms with Crippen LogP contribution >= 0.6 is 0 Å². The Morgan fingerprint density at radius 3 is 2.79 bits per heavy atom. The summed E-state index contributed by atoms with van der Waals surface area (Å²) in [5.41, 5.74) is 2.76. The maximum absolute atomic E-state index is 12.2. The molecule has 0 aliphatic carbocycles. The number of carbonyl (C=O) groups is 1. The van der Waals surface area contributed by atoms with Gasteiger partial charge in [0.1, 0.15) is 0 Å². The van der Waals surface area contributed by atoms with Crippen LogP contribution in [-0.4, -0.2) is 78.6 Å². The molecule has 0 spiro atoms. The number of carbonyl (C=O) groups excluding carboxylic acids is 1. The Hall–Kier alpha value is -1.44. The zero-order chi connectivity index (χ0) is 16.9. The van der Waals surface area contributed by atoms with Crippen molar-refractivity contribution in [2.24, 2.45) is 0 Å². The van der Waals surface area contributed by atoms with Crippen molar-refractivity contribution in [3.05, 3.63) is 17.0 Å². The van der Waals surface area contributed by atoms with Crippen LogP contribution in [-0.2, 0) is 29.0 Å². The molecule has 3 rings (SSSR count). The minimum Gasteiger partial charge on any atom is -0.461 e. The van der Waals surface area contributed by atoms with Crippen LogP contribution < -0.4 is 0 Å². The number of aryl methyl sites for hydroxylation is 1. The van der Waals surface area contributed by atoms with Crippen molar-refractivity contribution in [3.8, 4) is 0 Å². The lowest BCUT2D eigenvalue weighted by Crippen LogP contribution is -2.37. The molecule has 3 heterocycles. The number of morpholine rings is 1. The van der Waals surface area contributed by atoms with Gasteiger partial charge in [-0.05, 0) is 20.4 Å². The van der Waals surface area contributed by atoms with E-state index in [1.54, 1.807) is 0 Å². The van der Waals surface area contributed by atoms with E-state index >= 15 is 0 Å². The number of hydrogen-bond acceptors (Lipinski definition) is 6. The zero-order valence-electron chi connectivity index (χ0n) is 14.8. The largest absolute Gasteiger partial charge is 0.461 e. The molecule has 7 heteroatoms. The van der Waals surface area contributed by atoms with Gasteiger partial charge in [0, 0.05) is 56.9 Å². The van der Waals surface area contributed by atoms with Crippen LogP contribution in [0.4, 0.5) is 0 Å². The van der Waals surface area contributed by atoms with Crippen LogP contribution in [0.15, 0.2) is 0 Å². The Bertz CT molecular complexity index is 566. The van der Waals surface area contributed by atoms with Crippen LogP contribution in [0.5, 0.6) is 0 Å². The van der Waals surface area contributed by atoms with E-state index in [1.807, 2.05) is 11.6 Å². The Labute approximate surface area is 143 Å². The molecular weight excluding hydrogens is 308 g/mol. The van der Waals surface area contributed by atoms with Gasteiger partial charge < -0.3 is 14.4 Å². The van der Waals surface area contributed by atoms with E-state index in [9.17, 15) is 4.79 Å². The summed E-state index contributed by atoms with van der Waals surface area (Å²) < 4.78 is 12.6. The lowest BCUT2D eigenvalue weighted by molar-refractivity contribution is 0.0367. The molecule has 2 aliphatic heterocycles. The first-order valence-electron chi connectivity index (χ1n) is 8.93. The van der Waals surface area contributed by atoms with Gasteiger partial charge in [0.25, 0.3) is 0 Å². The van der Waals surface area contributed by atoms with E-state index in [4.69, 9.17) is 9.47 Å². The number of rotatable bonds is 6. The first kappa shape index (κ1) is 17.4. The lowest BCUT2D eigenvalue weighted by atomic mass is 10.1. The number of nitrogens with zero attached hydrogens (tertiary/aromatic N) is 4. The molecule has 134 valence electrons. The van der Waals surface area contributed by atoms with Gasteiger partial charge in [-0.15, -0.1) is 0 Å². The maximum Gasteiger partial charge on any atom is 0.359 e. The molecule has 7 nitrogen and oxygen atoms in total. The van der Waals surface area contributed by atoms with Gasteiger partial charge in [0.2, 0.25) is 0 Å². The van der Waals surface area contributed by atoms with E-state index in [1.165, 1.54) is 5.69 Å². The molecule has 0 amide bonds. The third kappa shape index (κ3) is 3.96. The van der Waals surface area contributed by atoms with Gasteiger partial charge in [-0.3, -0.25) is 9.58 Å². The summed E-state index contributed by atoms with van der Waals surface area (Å²) in [6.45, 7) is 9.56. The Morgan fingerprint density at radius 1 is 1.25 bits per heavy atom. The molecule has 1 aromatic rings. The molecule has 0 N–H and O–H groups in total. The molecule has 1 aromatic heterocycles. The summed E-state index contributed by atoms with van der Waals surface area (Å²) in [6, 6.07) is 0. The second kappa shape index (κ2) is 8.09. The topological polar surface area (TPSA) is 59.8 Å². The van der Waals surface area contributed by atoms with Crippen LogP contribution in [0.25, 0.3) is 0 Å². The van der Waals surface area contributed by atoms with Crippen molar-refractivity contribution in [3.63, 3.8) is 0 Å². The summed E-state index contributed by atoms with van der Waals surface area (Å²) in [4.78, 5) is 16.9. The average Bonchev–Trinajstić information content (AvgIpc) is 2.94. The molecule has 2 aliphatic rings. The zero-order valence-corrected chi connectivity index (χ0v) is 14.8. The van der Waals surface area contributed by atoms with Gasteiger partial charge in [-0.1, -0.05) is 0 Å². The minimum atomic E-state index is -0.295. The van der Waals surface area contributed by atoms with E-state index in [0.717, 1.165) is 70.9 Å². The van der Waals surface area contributed by atoms with Crippen molar-refractivity contribution in [2.45, 2.75) is 32.9 Å². The first-order valence-corrected chi connectivity index (χ1v) is 8.93. The fourth-order valence-electron chi connectivity index (χ4n) is 3.44.